The minimum Gasteiger partial charge on any atom is -0.393 e. The zero-order valence-corrected chi connectivity index (χ0v) is 10.2. The maximum atomic E-state index is 9.39. The summed E-state index contributed by atoms with van der Waals surface area (Å²) in [5.41, 5.74) is -0.552. The number of aliphatic hydroxyl groups excluding tert-OH is 1. The highest BCUT2D eigenvalue weighted by Gasteiger charge is 2.50. The summed E-state index contributed by atoms with van der Waals surface area (Å²) in [6.07, 6.45) is 0.597. The number of ether oxygens (including phenoxy) is 2. The van der Waals surface area contributed by atoms with Crippen molar-refractivity contribution in [1.29, 1.82) is 0 Å². The Morgan fingerprint density at radius 3 is 2.64 bits per heavy atom. The van der Waals surface area contributed by atoms with Gasteiger partial charge in [-0.05, 0) is 6.42 Å². The van der Waals surface area contributed by atoms with E-state index < -0.39 is 11.6 Å². The molecule has 1 unspecified atom stereocenters. The van der Waals surface area contributed by atoms with E-state index in [4.69, 9.17) is 17.3 Å². The lowest BCUT2D eigenvalue weighted by Crippen LogP contribution is -2.41. The van der Waals surface area contributed by atoms with Crippen LogP contribution < -0.4 is 0 Å². The van der Waals surface area contributed by atoms with Crippen LogP contribution in [0.2, 0.25) is 0 Å². The Balaban J connectivity index is 2.79. The van der Waals surface area contributed by atoms with Gasteiger partial charge in [0.15, 0.2) is 0 Å². The van der Waals surface area contributed by atoms with Gasteiger partial charge in [0, 0.05) is 24.4 Å². The van der Waals surface area contributed by atoms with Crippen LogP contribution in [0.1, 0.15) is 13.3 Å². The molecule has 1 rings (SSSR count). The minimum absolute atomic E-state index is 0.0205. The van der Waals surface area contributed by atoms with Crippen molar-refractivity contribution in [2.75, 3.05) is 19.0 Å². The van der Waals surface area contributed by atoms with Crippen molar-refractivity contribution in [3.05, 3.63) is 0 Å². The zero-order valence-electron chi connectivity index (χ0n) is 8.57. The molecule has 1 heterocycles. The summed E-state index contributed by atoms with van der Waals surface area (Å²) in [7, 11) is 7.40. The van der Waals surface area contributed by atoms with Crippen LogP contribution in [0.25, 0.3) is 0 Å². The summed E-state index contributed by atoms with van der Waals surface area (Å²) in [5, 5.41) is 10.2. The van der Waals surface area contributed by atoms with E-state index in [1.807, 2.05) is 6.92 Å². The summed E-state index contributed by atoms with van der Waals surface area (Å²) in [5.74, 6) is 0.102. The SMILES string of the molecule is [B][C@@H]1O[C@@](CO)(CCBr)C(C)[C@@H]1OC. The molecule has 4 atom stereocenters. The molecule has 0 amide bonds. The highest BCUT2D eigenvalue weighted by Crippen LogP contribution is 2.39. The average Bonchev–Trinajstić information content (AvgIpc) is 2.40. The summed E-state index contributed by atoms with van der Waals surface area (Å²) in [4.78, 5) is 0. The standard InChI is InChI=1S/C9H16BBrO3/c1-6-7(13-2)8(10)14-9(6,5-12)3-4-11/h6-8,12H,3-5H2,1-2H3/t6?,7-,8+,9+/m0/s1. The molecule has 0 bridgehead atoms. The molecule has 1 N–H and O–H groups in total. The number of halogens is 1. The van der Waals surface area contributed by atoms with Crippen molar-refractivity contribution < 1.29 is 14.6 Å². The van der Waals surface area contributed by atoms with Gasteiger partial charge < -0.3 is 14.6 Å². The lowest BCUT2D eigenvalue weighted by molar-refractivity contribution is -0.0700. The van der Waals surface area contributed by atoms with Gasteiger partial charge in [0.1, 0.15) is 7.85 Å². The molecular formula is C9H16BBrO3. The molecule has 0 aromatic heterocycles. The number of alkyl halides is 1. The third-order valence-electron chi connectivity index (χ3n) is 3.07. The fourth-order valence-electron chi connectivity index (χ4n) is 2.07. The van der Waals surface area contributed by atoms with Crippen LogP contribution in [0.3, 0.4) is 0 Å². The van der Waals surface area contributed by atoms with Gasteiger partial charge in [-0.1, -0.05) is 22.9 Å². The Morgan fingerprint density at radius 1 is 1.64 bits per heavy atom. The third-order valence-corrected chi connectivity index (χ3v) is 3.47. The molecule has 1 fully saturated rings. The van der Waals surface area contributed by atoms with E-state index >= 15 is 0 Å². The Kier molecular flexibility index (Phi) is 4.43. The first kappa shape index (κ1) is 12.5. The molecule has 14 heavy (non-hydrogen) atoms. The molecule has 1 saturated heterocycles. The van der Waals surface area contributed by atoms with Gasteiger partial charge in [0.25, 0.3) is 0 Å². The second kappa shape index (κ2) is 4.97. The van der Waals surface area contributed by atoms with Gasteiger partial charge in [0.2, 0.25) is 0 Å². The van der Waals surface area contributed by atoms with E-state index in [0.717, 1.165) is 11.8 Å². The Bertz CT molecular complexity index is 193. The molecule has 0 saturated carbocycles. The van der Waals surface area contributed by atoms with Gasteiger partial charge in [-0.15, -0.1) is 0 Å². The third kappa shape index (κ3) is 2.01. The lowest BCUT2D eigenvalue weighted by atomic mass is 9.82. The fraction of sp³-hybridized carbons (Fsp3) is 1.00. The molecule has 0 aliphatic carbocycles. The first-order valence-corrected chi connectivity index (χ1v) is 5.86. The highest BCUT2D eigenvalue weighted by molar-refractivity contribution is 9.09. The van der Waals surface area contributed by atoms with Gasteiger partial charge in [0.05, 0.1) is 18.3 Å². The van der Waals surface area contributed by atoms with Crippen molar-refractivity contribution in [2.24, 2.45) is 5.92 Å². The van der Waals surface area contributed by atoms with Crippen molar-refractivity contribution >= 4 is 23.8 Å². The predicted octanol–water partition coefficient (Wildman–Crippen LogP) is 0.678. The minimum atomic E-state index is -0.552. The van der Waals surface area contributed by atoms with E-state index in [-0.39, 0.29) is 18.6 Å². The highest BCUT2D eigenvalue weighted by atomic mass is 79.9. The smallest absolute Gasteiger partial charge is 0.112 e. The molecule has 0 aromatic rings. The lowest BCUT2D eigenvalue weighted by Gasteiger charge is -2.31. The fourth-order valence-corrected chi connectivity index (χ4v) is 2.75. The zero-order chi connectivity index (χ0) is 10.8. The monoisotopic (exact) mass is 262 g/mol. The number of rotatable bonds is 4. The second-order valence-corrected chi connectivity index (χ2v) is 4.53. The Hall–Kier alpha value is 0.425. The number of methoxy groups -OCH3 is 1. The van der Waals surface area contributed by atoms with Crippen LogP contribution in [0.4, 0.5) is 0 Å². The van der Waals surface area contributed by atoms with E-state index in [2.05, 4.69) is 15.9 Å². The number of aliphatic hydroxyl groups is 1. The molecule has 1 aliphatic rings. The van der Waals surface area contributed by atoms with Crippen molar-refractivity contribution in [3.8, 4) is 0 Å². The van der Waals surface area contributed by atoms with Gasteiger partial charge in [-0.3, -0.25) is 0 Å². The van der Waals surface area contributed by atoms with Crippen molar-refractivity contribution in [2.45, 2.75) is 31.1 Å². The van der Waals surface area contributed by atoms with Gasteiger partial charge in [-0.2, -0.15) is 0 Å². The molecule has 2 radical (unpaired) electrons. The van der Waals surface area contributed by atoms with Crippen LogP contribution in [0.5, 0.6) is 0 Å². The molecule has 80 valence electrons. The Labute approximate surface area is 94.7 Å². The van der Waals surface area contributed by atoms with E-state index in [0.29, 0.717) is 0 Å². The summed E-state index contributed by atoms with van der Waals surface area (Å²) in [6, 6.07) is -0.443. The largest absolute Gasteiger partial charge is 0.393 e. The maximum absolute atomic E-state index is 9.39. The molecule has 1 aliphatic heterocycles. The predicted molar refractivity (Wildman–Crippen MR) is 58.8 cm³/mol. The van der Waals surface area contributed by atoms with Gasteiger partial charge in [-0.25, -0.2) is 0 Å². The molecule has 0 aromatic carbocycles. The molecular weight excluding hydrogens is 247 g/mol. The normalized spacial score (nSPS) is 43.0. The van der Waals surface area contributed by atoms with Crippen LogP contribution in [-0.2, 0) is 9.47 Å². The Morgan fingerprint density at radius 2 is 2.29 bits per heavy atom. The summed E-state index contributed by atoms with van der Waals surface area (Å²) < 4.78 is 10.9. The van der Waals surface area contributed by atoms with Crippen LogP contribution >= 0.6 is 15.9 Å². The molecule has 5 heteroatoms. The van der Waals surface area contributed by atoms with E-state index in [9.17, 15) is 5.11 Å². The van der Waals surface area contributed by atoms with Gasteiger partial charge >= 0.3 is 0 Å². The topological polar surface area (TPSA) is 38.7 Å². The quantitative estimate of drug-likeness (QED) is 0.598. The number of hydrogen-bond donors (Lipinski definition) is 1. The van der Waals surface area contributed by atoms with Crippen LogP contribution in [0.15, 0.2) is 0 Å². The first-order chi connectivity index (χ1) is 6.61. The van der Waals surface area contributed by atoms with Crippen molar-refractivity contribution in [1.82, 2.24) is 0 Å². The average molecular weight is 263 g/mol. The van der Waals surface area contributed by atoms with E-state index in [1.54, 1.807) is 7.11 Å². The first-order valence-electron chi connectivity index (χ1n) is 4.74. The second-order valence-electron chi connectivity index (χ2n) is 3.73. The summed E-state index contributed by atoms with van der Waals surface area (Å²) >= 11 is 3.35. The maximum Gasteiger partial charge on any atom is 0.112 e. The van der Waals surface area contributed by atoms with Crippen LogP contribution in [-0.4, -0.2) is 49.7 Å². The van der Waals surface area contributed by atoms with Crippen LogP contribution in [0, 0.1) is 5.92 Å². The molecule has 3 nitrogen and oxygen atoms in total. The molecule has 0 spiro atoms. The summed E-state index contributed by atoms with van der Waals surface area (Å²) in [6.45, 7) is 1.98. The van der Waals surface area contributed by atoms with E-state index in [1.165, 1.54) is 0 Å². The van der Waals surface area contributed by atoms with Crippen molar-refractivity contribution in [3.63, 3.8) is 0 Å². The number of hydrogen-bond acceptors (Lipinski definition) is 3.